The van der Waals surface area contributed by atoms with Crippen LogP contribution in [0.4, 0.5) is 0 Å². The molecule has 2 aromatic carbocycles. The number of hydrogen-bond donors (Lipinski definition) is 3. The Morgan fingerprint density at radius 1 is 0.943 bits per heavy atom. The van der Waals surface area contributed by atoms with E-state index in [9.17, 15) is 39.3 Å². The van der Waals surface area contributed by atoms with Crippen LogP contribution in [0.2, 0.25) is 0 Å². The number of aryl methyl sites for hydroxylation is 2. The first kappa shape index (κ1) is 44.1. The van der Waals surface area contributed by atoms with Crippen LogP contribution in [0.3, 0.4) is 0 Å². The van der Waals surface area contributed by atoms with Gasteiger partial charge in [-0.1, -0.05) is 43.7 Å². The second kappa shape index (κ2) is 18.3. The molecule has 5 atom stereocenters. The maximum Gasteiger partial charge on any atom is 1.00 e. The van der Waals surface area contributed by atoms with Gasteiger partial charge in [-0.25, -0.2) is 9.59 Å². The first-order valence-corrected chi connectivity index (χ1v) is 17.6. The number of aromatic nitrogens is 1. The van der Waals surface area contributed by atoms with Gasteiger partial charge in [0.1, 0.15) is 23.3 Å². The van der Waals surface area contributed by atoms with Crippen molar-refractivity contribution in [3.8, 4) is 0 Å². The number of carbonyl (C=O) groups is 3. The summed E-state index contributed by atoms with van der Waals surface area (Å²) in [6.45, 7) is 8.27. The van der Waals surface area contributed by atoms with Crippen molar-refractivity contribution in [1.82, 2.24) is 4.57 Å². The summed E-state index contributed by atoms with van der Waals surface area (Å²) in [7, 11) is 2.37. The Labute approximate surface area is 340 Å². The number of aliphatic hydroxyl groups is 1. The minimum atomic E-state index is -1.39. The predicted molar refractivity (Wildman–Crippen MR) is 202 cm³/mol. The number of carboxylic acids is 2. The Hall–Kier alpha value is -3.33. The number of carboxylic acid groups (broad SMARTS) is 2. The van der Waals surface area contributed by atoms with Crippen molar-refractivity contribution in [2.45, 2.75) is 103 Å². The zero-order valence-corrected chi connectivity index (χ0v) is 34.9. The van der Waals surface area contributed by atoms with Gasteiger partial charge in [-0.15, -0.1) is 17.0 Å². The fourth-order valence-corrected chi connectivity index (χ4v) is 8.16. The van der Waals surface area contributed by atoms with E-state index in [2.05, 4.69) is 20.9 Å². The fourth-order valence-electron chi connectivity index (χ4n) is 8.16. The van der Waals surface area contributed by atoms with E-state index in [0.717, 1.165) is 35.0 Å². The summed E-state index contributed by atoms with van der Waals surface area (Å²) in [5.74, 6) is -4.00. The van der Waals surface area contributed by atoms with E-state index in [1.54, 1.807) is 6.92 Å². The molecule has 53 heavy (non-hydrogen) atoms. The van der Waals surface area contributed by atoms with Crippen molar-refractivity contribution in [3.05, 3.63) is 91.6 Å². The molecule has 2 saturated heterocycles. The summed E-state index contributed by atoms with van der Waals surface area (Å²) >= 11 is 0. The zero-order chi connectivity index (χ0) is 37.2. The molecule has 0 saturated carbocycles. The molecule has 2 fully saturated rings. The molecule has 2 bridgehead atoms. The van der Waals surface area contributed by atoms with E-state index in [1.165, 1.54) is 23.5 Å². The average molecular weight is 808 g/mol. The van der Waals surface area contributed by atoms with E-state index < -0.39 is 34.5 Å². The van der Waals surface area contributed by atoms with Crippen molar-refractivity contribution < 1.29 is 72.9 Å². The molecule has 3 N–H and O–H groups in total. The summed E-state index contributed by atoms with van der Waals surface area (Å²) in [5.41, 5.74) is 0.425. The number of aliphatic hydroxyl groups excluding tert-OH is 1. The molecule has 12 nitrogen and oxygen atoms in total. The third-order valence-corrected chi connectivity index (χ3v) is 11.0. The molecule has 0 radical (unpaired) electrons. The molecule has 280 valence electrons. The van der Waals surface area contributed by atoms with Crippen LogP contribution >= 0.6 is 17.0 Å². The van der Waals surface area contributed by atoms with Gasteiger partial charge in [0.15, 0.2) is 10.9 Å². The molecular weight excluding hydrogens is 759 g/mol. The van der Waals surface area contributed by atoms with E-state index in [4.69, 9.17) is 9.15 Å². The van der Waals surface area contributed by atoms with E-state index in [1.807, 2.05) is 37.3 Å². The molecule has 6 rings (SSSR count). The standard InChI is InChI=1S/C20H30NO3.C19H17NO7.BrH.Na/c1-14(2)21(3)16-9-10-17(21)12-18(11-16)24-20(23)19(13-22)15-7-5-4-6-8-15;1-3-5-9-16-10(13(21)7-12(18(23)24)20(16)4-2)6-11-14(22)8-15(19(25)26)27-17(9)11;;/h4-8,14,16-19,22H,9-13H2,1-3H3;6-8H,3-5H2,1-2H3,(H,23,24)(H,25,26);1H;/q+1;;;+1/t16-,17+,18+,19?,21?;;;. The van der Waals surface area contributed by atoms with Crippen LogP contribution in [0.5, 0.6) is 0 Å². The van der Waals surface area contributed by atoms with Gasteiger partial charge in [-0.2, -0.15) is 0 Å². The number of esters is 1. The molecule has 4 aromatic rings. The van der Waals surface area contributed by atoms with Crippen LogP contribution in [0.1, 0.15) is 97.9 Å². The van der Waals surface area contributed by atoms with Crippen LogP contribution in [0, 0.1) is 0 Å². The number of benzene rings is 2. The summed E-state index contributed by atoms with van der Waals surface area (Å²) in [4.78, 5) is 60.4. The van der Waals surface area contributed by atoms with Crippen molar-refractivity contribution in [1.29, 1.82) is 0 Å². The molecule has 2 aliphatic heterocycles. The first-order valence-electron chi connectivity index (χ1n) is 17.6. The Balaban J connectivity index is 0.000000277. The van der Waals surface area contributed by atoms with E-state index in [-0.39, 0.29) is 93.8 Å². The number of rotatable bonds is 10. The molecule has 0 amide bonds. The van der Waals surface area contributed by atoms with Crippen molar-refractivity contribution in [2.75, 3.05) is 13.7 Å². The average Bonchev–Trinajstić information content (AvgIpc) is 3.25. The second-order valence-electron chi connectivity index (χ2n) is 14.0. The summed E-state index contributed by atoms with van der Waals surface area (Å²) in [5, 5.41) is 28.6. The summed E-state index contributed by atoms with van der Waals surface area (Å²) < 4.78 is 13.9. The number of pyridine rings is 1. The first-order chi connectivity index (χ1) is 24.3. The number of piperidine rings is 1. The van der Waals surface area contributed by atoms with Crippen LogP contribution in [-0.2, 0) is 22.5 Å². The van der Waals surface area contributed by atoms with E-state index >= 15 is 0 Å². The van der Waals surface area contributed by atoms with Gasteiger partial charge in [0.25, 0.3) is 0 Å². The molecule has 4 heterocycles. The van der Waals surface area contributed by atoms with Gasteiger partial charge in [0.05, 0.1) is 42.7 Å². The maximum atomic E-state index is 12.6. The van der Waals surface area contributed by atoms with Gasteiger partial charge < -0.3 is 33.5 Å². The molecular formula is C39H48BrN2NaO10+2. The third kappa shape index (κ3) is 8.66. The van der Waals surface area contributed by atoms with Gasteiger partial charge in [-0.05, 0) is 38.8 Å². The van der Waals surface area contributed by atoms with Crippen molar-refractivity contribution in [3.63, 3.8) is 0 Å². The molecule has 0 aliphatic carbocycles. The third-order valence-electron chi connectivity index (χ3n) is 11.0. The predicted octanol–water partition coefficient (Wildman–Crippen LogP) is 2.91. The molecule has 14 heteroatoms. The minimum Gasteiger partial charge on any atom is -0.477 e. The summed E-state index contributed by atoms with van der Waals surface area (Å²) in [6.07, 6.45) is 5.35. The number of nitrogens with zero attached hydrogens (tertiary/aromatic N) is 2. The number of aromatic carboxylic acids is 2. The zero-order valence-electron chi connectivity index (χ0n) is 31.2. The topological polar surface area (TPSA) is 173 Å². The number of halogens is 1. The Kier molecular flexibility index (Phi) is 15.2. The molecule has 0 spiro atoms. The fraction of sp³-hybridized carbons (Fsp3) is 0.462. The van der Waals surface area contributed by atoms with Gasteiger partial charge in [0.2, 0.25) is 5.76 Å². The number of quaternary nitrogens is 1. The maximum absolute atomic E-state index is 12.6. The quantitative estimate of drug-likeness (QED) is 0.0937. The molecule has 2 unspecified atom stereocenters. The number of ether oxygens (including phenoxy) is 1. The van der Waals surface area contributed by atoms with Crippen molar-refractivity contribution in [2.24, 2.45) is 0 Å². The Bertz CT molecular complexity index is 2070. The molecule has 2 aromatic heterocycles. The van der Waals surface area contributed by atoms with Crippen LogP contribution in [0.15, 0.2) is 62.5 Å². The van der Waals surface area contributed by atoms with Crippen LogP contribution in [0.25, 0.3) is 21.9 Å². The minimum absolute atomic E-state index is 0. The van der Waals surface area contributed by atoms with Crippen LogP contribution < -0.4 is 40.4 Å². The number of fused-ring (bicyclic) bond motifs is 4. The summed E-state index contributed by atoms with van der Waals surface area (Å²) in [6, 6.07) is 14.5. The van der Waals surface area contributed by atoms with Gasteiger partial charge in [0, 0.05) is 55.3 Å². The number of hydrogen-bond acceptors (Lipinski definition) is 8. The second-order valence-corrected chi connectivity index (χ2v) is 14.0. The number of carbonyl (C=O) groups excluding carboxylic acids is 1. The smallest absolute Gasteiger partial charge is 0.477 e. The van der Waals surface area contributed by atoms with E-state index in [0.29, 0.717) is 42.0 Å². The monoisotopic (exact) mass is 806 g/mol. The Morgan fingerprint density at radius 2 is 1.55 bits per heavy atom. The normalized spacial score (nSPS) is 20.8. The SMILES string of the molecule is Br.CC(C)[N+]1(C)[C@@H]2CC[C@H]1C[C@@H](OC(=O)C(CO)c1ccccc1)C2.CCCc1c2oc(C(=O)O)cc(=O)c2cc2c(=O)cc(C(=O)O)n(CC)c12.[Na+]. The van der Waals surface area contributed by atoms with Crippen molar-refractivity contribution >= 4 is 56.8 Å². The Morgan fingerprint density at radius 3 is 2.06 bits per heavy atom. The largest absolute Gasteiger partial charge is 1.00 e. The van der Waals surface area contributed by atoms with Crippen LogP contribution in [-0.4, -0.2) is 80.2 Å². The van der Waals surface area contributed by atoms with Gasteiger partial charge in [-0.3, -0.25) is 14.4 Å². The molecule has 2 aliphatic rings. The van der Waals surface area contributed by atoms with Gasteiger partial charge >= 0.3 is 47.5 Å².